The van der Waals surface area contributed by atoms with Crippen LogP contribution in [-0.2, 0) is 4.79 Å². The van der Waals surface area contributed by atoms with Crippen molar-refractivity contribution in [2.45, 2.75) is 19.8 Å². The van der Waals surface area contributed by atoms with E-state index in [1.54, 1.807) is 17.0 Å². The fraction of sp³-hybridized carbons (Fsp3) is 0.429. The first-order valence-electron chi connectivity index (χ1n) is 6.15. The topological polar surface area (TPSA) is 37.4 Å². The lowest BCUT2D eigenvalue weighted by atomic mass is 10.1. The Labute approximate surface area is 112 Å². The average molecular weight is 266 g/mol. The van der Waals surface area contributed by atoms with Crippen LogP contribution in [0.15, 0.2) is 24.3 Å². The van der Waals surface area contributed by atoms with E-state index in [-0.39, 0.29) is 17.6 Å². The molecule has 0 aliphatic carbocycles. The quantitative estimate of drug-likeness (QED) is 0.620. The van der Waals surface area contributed by atoms with E-state index in [1.807, 2.05) is 19.1 Å². The minimum atomic E-state index is 0.107. The van der Waals surface area contributed by atoms with Crippen molar-refractivity contribution in [3.8, 4) is 0 Å². The normalized spacial score (nSPS) is 19.3. The van der Waals surface area contributed by atoms with Crippen molar-refractivity contribution in [2.75, 3.05) is 17.3 Å². The lowest BCUT2D eigenvalue weighted by Gasteiger charge is -2.16. The molecular weight excluding hydrogens is 250 g/mol. The van der Waals surface area contributed by atoms with Gasteiger partial charge in [0.1, 0.15) is 0 Å². The first-order valence-corrected chi connectivity index (χ1v) is 6.68. The lowest BCUT2D eigenvalue weighted by Crippen LogP contribution is -2.24. The summed E-state index contributed by atoms with van der Waals surface area (Å²) in [6.07, 6.45) is 1.01. The van der Waals surface area contributed by atoms with Gasteiger partial charge in [-0.05, 0) is 30.2 Å². The third kappa shape index (κ3) is 2.56. The number of alkyl halides is 1. The van der Waals surface area contributed by atoms with Gasteiger partial charge in [0.15, 0.2) is 5.78 Å². The van der Waals surface area contributed by atoms with Gasteiger partial charge < -0.3 is 4.90 Å². The maximum absolute atomic E-state index is 11.8. The molecule has 0 aromatic heterocycles. The molecule has 4 heteroatoms. The van der Waals surface area contributed by atoms with Gasteiger partial charge in [0.2, 0.25) is 5.91 Å². The SMILES string of the molecule is CCC(=O)c1ccc(N2CC(CCl)CC2=O)cc1. The van der Waals surface area contributed by atoms with Crippen molar-refractivity contribution in [1.29, 1.82) is 0 Å². The largest absolute Gasteiger partial charge is 0.312 e. The molecule has 1 aliphatic heterocycles. The Hall–Kier alpha value is -1.35. The van der Waals surface area contributed by atoms with Crippen molar-refractivity contribution in [3.63, 3.8) is 0 Å². The third-order valence-corrected chi connectivity index (χ3v) is 3.68. The Morgan fingerprint density at radius 1 is 1.39 bits per heavy atom. The van der Waals surface area contributed by atoms with E-state index in [4.69, 9.17) is 11.6 Å². The van der Waals surface area contributed by atoms with Crippen LogP contribution in [0.4, 0.5) is 5.69 Å². The standard InChI is InChI=1S/C14H16ClNO2/c1-2-13(17)11-3-5-12(6-4-11)16-9-10(8-15)7-14(16)18/h3-6,10H,2,7-9H2,1H3. The summed E-state index contributed by atoms with van der Waals surface area (Å²) in [5.74, 6) is 0.966. The van der Waals surface area contributed by atoms with Crippen LogP contribution in [0, 0.1) is 5.92 Å². The molecule has 1 heterocycles. The number of benzene rings is 1. The Morgan fingerprint density at radius 2 is 2.06 bits per heavy atom. The molecular formula is C14H16ClNO2. The fourth-order valence-electron chi connectivity index (χ4n) is 2.17. The van der Waals surface area contributed by atoms with Crippen LogP contribution in [0.3, 0.4) is 0 Å². The second kappa shape index (κ2) is 5.53. The maximum atomic E-state index is 11.8. The molecule has 1 atom stereocenters. The molecule has 0 radical (unpaired) electrons. The minimum absolute atomic E-state index is 0.107. The monoisotopic (exact) mass is 265 g/mol. The smallest absolute Gasteiger partial charge is 0.227 e. The zero-order valence-corrected chi connectivity index (χ0v) is 11.1. The van der Waals surface area contributed by atoms with Crippen LogP contribution < -0.4 is 4.90 Å². The molecule has 0 bridgehead atoms. The molecule has 2 rings (SSSR count). The number of rotatable bonds is 4. The molecule has 1 aliphatic rings. The van der Waals surface area contributed by atoms with Gasteiger partial charge in [0.05, 0.1) is 0 Å². The number of Topliss-reactive ketones (excluding diaryl/α,β-unsaturated/α-hetero) is 1. The van der Waals surface area contributed by atoms with E-state index in [0.29, 0.717) is 30.8 Å². The predicted octanol–water partition coefficient (Wildman–Crippen LogP) is 2.87. The number of hydrogen-bond donors (Lipinski definition) is 0. The summed E-state index contributed by atoms with van der Waals surface area (Å²) >= 11 is 5.79. The summed E-state index contributed by atoms with van der Waals surface area (Å²) in [5, 5.41) is 0. The Morgan fingerprint density at radius 3 is 2.56 bits per heavy atom. The Balaban J connectivity index is 2.15. The van der Waals surface area contributed by atoms with Gasteiger partial charge in [-0.15, -0.1) is 11.6 Å². The van der Waals surface area contributed by atoms with Gasteiger partial charge in [0.25, 0.3) is 0 Å². The first kappa shape index (κ1) is 13.1. The van der Waals surface area contributed by atoms with Gasteiger partial charge in [-0.1, -0.05) is 6.92 Å². The molecule has 1 unspecified atom stereocenters. The van der Waals surface area contributed by atoms with Crippen LogP contribution in [0.2, 0.25) is 0 Å². The van der Waals surface area contributed by atoms with Crippen LogP contribution in [-0.4, -0.2) is 24.1 Å². The van der Waals surface area contributed by atoms with Crippen molar-refractivity contribution in [3.05, 3.63) is 29.8 Å². The first-order chi connectivity index (χ1) is 8.65. The molecule has 1 aromatic carbocycles. The number of halogens is 1. The highest BCUT2D eigenvalue weighted by Crippen LogP contribution is 2.26. The van der Waals surface area contributed by atoms with E-state index in [2.05, 4.69) is 0 Å². The zero-order chi connectivity index (χ0) is 13.1. The molecule has 18 heavy (non-hydrogen) atoms. The molecule has 0 saturated carbocycles. The summed E-state index contributed by atoms with van der Waals surface area (Å²) in [6.45, 7) is 2.51. The average Bonchev–Trinajstić information content (AvgIpc) is 2.79. The lowest BCUT2D eigenvalue weighted by molar-refractivity contribution is -0.117. The minimum Gasteiger partial charge on any atom is -0.312 e. The highest BCUT2D eigenvalue weighted by Gasteiger charge is 2.29. The second-order valence-corrected chi connectivity index (χ2v) is 4.86. The summed E-state index contributed by atoms with van der Waals surface area (Å²) < 4.78 is 0. The van der Waals surface area contributed by atoms with E-state index in [9.17, 15) is 9.59 Å². The van der Waals surface area contributed by atoms with Crippen LogP contribution in [0.5, 0.6) is 0 Å². The number of carbonyl (C=O) groups is 2. The van der Waals surface area contributed by atoms with E-state index in [0.717, 1.165) is 5.69 Å². The molecule has 0 N–H and O–H groups in total. The molecule has 1 aromatic rings. The molecule has 1 amide bonds. The van der Waals surface area contributed by atoms with Crippen molar-refractivity contribution in [1.82, 2.24) is 0 Å². The van der Waals surface area contributed by atoms with Crippen molar-refractivity contribution >= 4 is 29.0 Å². The summed E-state index contributed by atoms with van der Waals surface area (Å²) in [6, 6.07) is 7.22. The highest BCUT2D eigenvalue weighted by molar-refractivity contribution is 6.18. The van der Waals surface area contributed by atoms with Crippen molar-refractivity contribution in [2.24, 2.45) is 5.92 Å². The number of ketones is 1. The zero-order valence-electron chi connectivity index (χ0n) is 10.4. The van der Waals surface area contributed by atoms with E-state index < -0.39 is 0 Å². The number of anilines is 1. The number of carbonyl (C=O) groups excluding carboxylic acids is 2. The van der Waals surface area contributed by atoms with E-state index in [1.165, 1.54) is 0 Å². The molecule has 1 saturated heterocycles. The summed E-state index contributed by atoms with van der Waals surface area (Å²) in [4.78, 5) is 25.1. The van der Waals surface area contributed by atoms with Gasteiger partial charge in [-0.3, -0.25) is 9.59 Å². The van der Waals surface area contributed by atoms with Crippen LogP contribution >= 0.6 is 11.6 Å². The van der Waals surface area contributed by atoms with E-state index >= 15 is 0 Å². The van der Waals surface area contributed by atoms with Gasteiger partial charge >= 0.3 is 0 Å². The van der Waals surface area contributed by atoms with Gasteiger partial charge in [0, 0.05) is 36.5 Å². The molecule has 1 fully saturated rings. The predicted molar refractivity (Wildman–Crippen MR) is 72.2 cm³/mol. The van der Waals surface area contributed by atoms with Gasteiger partial charge in [-0.25, -0.2) is 0 Å². The number of amides is 1. The maximum Gasteiger partial charge on any atom is 0.227 e. The number of nitrogens with zero attached hydrogens (tertiary/aromatic N) is 1. The van der Waals surface area contributed by atoms with Crippen LogP contribution in [0.1, 0.15) is 30.1 Å². The molecule has 0 spiro atoms. The highest BCUT2D eigenvalue weighted by atomic mass is 35.5. The second-order valence-electron chi connectivity index (χ2n) is 4.55. The Bertz CT molecular complexity index is 455. The molecule has 96 valence electrons. The summed E-state index contributed by atoms with van der Waals surface area (Å²) in [5.41, 5.74) is 1.54. The van der Waals surface area contributed by atoms with Gasteiger partial charge in [-0.2, -0.15) is 0 Å². The summed E-state index contributed by atoms with van der Waals surface area (Å²) in [7, 11) is 0. The molecule has 3 nitrogen and oxygen atoms in total. The van der Waals surface area contributed by atoms with Crippen molar-refractivity contribution < 1.29 is 9.59 Å². The van der Waals surface area contributed by atoms with Crippen LogP contribution in [0.25, 0.3) is 0 Å². The Kier molecular flexibility index (Phi) is 4.02. The third-order valence-electron chi connectivity index (χ3n) is 3.25. The fourth-order valence-corrected chi connectivity index (χ4v) is 2.37. The number of hydrogen-bond acceptors (Lipinski definition) is 2.